The van der Waals surface area contributed by atoms with Crippen molar-refractivity contribution in [1.82, 2.24) is 4.57 Å². The summed E-state index contributed by atoms with van der Waals surface area (Å²) in [6.07, 6.45) is -11.1. The first-order valence-electron chi connectivity index (χ1n) is 9.35. The Balaban J connectivity index is 2.49. The van der Waals surface area contributed by atoms with Crippen LogP contribution in [0, 0.1) is 10.1 Å². The molecule has 2 aromatic carbocycles. The van der Waals surface area contributed by atoms with Crippen molar-refractivity contribution in [3.05, 3.63) is 62.4 Å². The topological polar surface area (TPSA) is 85.4 Å². The third-order valence-electron chi connectivity index (χ3n) is 5.24. The molecule has 0 saturated carbocycles. The normalized spacial score (nSPS) is 13.1. The Bertz CT molecular complexity index is 1250. The quantitative estimate of drug-likeness (QED) is 0.245. The number of nitrogens with zero attached hydrogens (tertiary/aromatic N) is 2. The fourth-order valence-corrected chi connectivity index (χ4v) is 3.55. The summed E-state index contributed by atoms with van der Waals surface area (Å²) in [4.78, 5) is 23.3. The third-order valence-corrected chi connectivity index (χ3v) is 5.24. The van der Waals surface area contributed by atoms with E-state index in [-0.39, 0.29) is 28.2 Å². The Morgan fingerprint density at radius 2 is 1.59 bits per heavy atom. The van der Waals surface area contributed by atoms with E-state index in [0.717, 1.165) is 24.3 Å². The Hall–Kier alpha value is -3.15. The zero-order valence-electron chi connectivity index (χ0n) is 16.4. The lowest BCUT2D eigenvalue weighted by Crippen LogP contribution is -2.53. The number of benzene rings is 2. The molecule has 3 rings (SSSR count). The van der Waals surface area contributed by atoms with Gasteiger partial charge in [0.2, 0.25) is 0 Å². The van der Waals surface area contributed by atoms with E-state index in [4.69, 9.17) is 0 Å². The highest BCUT2D eigenvalue weighted by atomic mass is 19.4. The maximum atomic E-state index is 13.4. The maximum Gasteiger partial charge on any atom is 0.430 e. The first-order chi connectivity index (χ1) is 14.7. The van der Waals surface area contributed by atoms with Gasteiger partial charge in [0, 0.05) is 40.4 Å². The molecule has 0 unspecified atom stereocenters. The molecule has 6 nitrogen and oxygen atoms in total. The van der Waals surface area contributed by atoms with E-state index in [0.29, 0.717) is 25.0 Å². The first-order valence-corrected chi connectivity index (χ1v) is 9.35. The maximum absolute atomic E-state index is 13.4. The van der Waals surface area contributed by atoms with Gasteiger partial charge >= 0.3 is 12.4 Å². The second-order valence-corrected chi connectivity index (χ2v) is 7.24. The standard InChI is InChI=1S/C20H16F6N2O4/c1-2-3-8-27-16-7-4-11(18(30,19(21,22)23)20(24,25)26)9-15(16)14-10-12(28(31)32)5-6-13(14)17(27)29/h4-7,9-10,30H,2-3,8H2,1H3. The van der Waals surface area contributed by atoms with Crippen molar-refractivity contribution in [2.24, 2.45) is 0 Å². The van der Waals surface area contributed by atoms with Gasteiger partial charge in [0.1, 0.15) is 0 Å². The summed E-state index contributed by atoms with van der Waals surface area (Å²) in [6.45, 7) is 1.95. The number of fused-ring (bicyclic) bond motifs is 3. The number of aliphatic hydroxyl groups is 1. The highest BCUT2D eigenvalue weighted by molar-refractivity contribution is 6.06. The molecule has 0 atom stereocenters. The van der Waals surface area contributed by atoms with Gasteiger partial charge in [0.15, 0.2) is 0 Å². The number of pyridine rings is 1. The van der Waals surface area contributed by atoms with Crippen molar-refractivity contribution in [1.29, 1.82) is 0 Å². The highest BCUT2D eigenvalue weighted by Gasteiger charge is 2.71. The number of rotatable bonds is 5. The molecule has 0 saturated heterocycles. The monoisotopic (exact) mass is 462 g/mol. The smallest absolute Gasteiger partial charge is 0.369 e. The Labute approximate surface area is 175 Å². The van der Waals surface area contributed by atoms with Gasteiger partial charge < -0.3 is 9.67 Å². The zero-order chi connectivity index (χ0) is 24.1. The molecule has 12 heteroatoms. The largest absolute Gasteiger partial charge is 0.430 e. The van der Waals surface area contributed by atoms with E-state index in [1.165, 1.54) is 4.57 Å². The minimum atomic E-state index is -6.10. The molecule has 0 radical (unpaired) electrons. The van der Waals surface area contributed by atoms with Crippen LogP contribution in [0.3, 0.4) is 0 Å². The number of halogens is 6. The number of unbranched alkanes of at least 4 members (excludes halogenated alkanes) is 1. The van der Waals surface area contributed by atoms with Gasteiger partial charge in [-0.25, -0.2) is 0 Å². The van der Waals surface area contributed by atoms with Crippen molar-refractivity contribution < 1.29 is 36.4 Å². The predicted molar refractivity (Wildman–Crippen MR) is 103 cm³/mol. The molecule has 0 fully saturated rings. The molecular weight excluding hydrogens is 446 g/mol. The average Bonchev–Trinajstić information content (AvgIpc) is 2.70. The molecule has 32 heavy (non-hydrogen) atoms. The van der Waals surface area contributed by atoms with Crippen LogP contribution in [0.5, 0.6) is 0 Å². The van der Waals surface area contributed by atoms with Crippen LogP contribution in [-0.2, 0) is 12.1 Å². The van der Waals surface area contributed by atoms with Crippen molar-refractivity contribution in [2.75, 3.05) is 0 Å². The number of hydrogen-bond donors (Lipinski definition) is 1. The molecule has 0 spiro atoms. The van der Waals surface area contributed by atoms with Crippen molar-refractivity contribution >= 4 is 27.4 Å². The molecule has 0 amide bonds. The molecule has 1 aromatic heterocycles. The summed E-state index contributed by atoms with van der Waals surface area (Å²) in [5, 5.41) is 20.3. The van der Waals surface area contributed by atoms with Crippen LogP contribution < -0.4 is 5.56 Å². The van der Waals surface area contributed by atoms with Crippen molar-refractivity contribution in [3.63, 3.8) is 0 Å². The predicted octanol–water partition coefficient (Wildman–Crippen LogP) is 5.18. The lowest BCUT2D eigenvalue weighted by molar-refractivity contribution is -0.384. The van der Waals surface area contributed by atoms with E-state index < -0.39 is 39.7 Å². The van der Waals surface area contributed by atoms with Crippen LogP contribution in [0.2, 0.25) is 0 Å². The van der Waals surface area contributed by atoms with Crippen LogP contribution in [-0.4, -0.2) is 26.9 Å². The van der Waals surface area contributed by atoms with E-state index in [9.17, 15) is 46.4 Å². The second kappa shape index (κ2) is 7.76. The fraction of sp³-hybridized carbons (Fsp3) is 0.350. The molecule has 0 bridgehead atoms. The average molecular weight is 462 g/mol. The molecule has 1 heterocycles. The summed E-state index contributed by atoms with van der Waals surface area (Å²) in [7, 11) is 0. The van der Waals surface area contributed by atoms with Gasteiger partial charge in [-0.1, -0.05) is 19.4 Å². The molecule has 0 aliphatic heterocycles. The summed E-state index contributed by atoms with van der Waals surface area (Å²) < 4.78 is 81.4. The number of aromatic nitrogens is 1. The van der Waals surface area contributed by atoms with Gasteiger partial charge in [-0.05, 0) is 24.6 Å². The Kier molecular flexibility index (Phi) is 5.71. The summed E-state index contributed by atoms with van der Waals surface area (Å²) in [5.41, 5.74) is -7.79. The van der Waals surface area contributed by atoms with Gasteiger partial charge in [-0.15, -0.1) is 0 Å². The summed E-state index contributed by atoms with van der Waals surface area (Å²) >= 11 is 0. The van der Waals surface area contributed by atoms with Crippen LogP contribution >= 0.6 is 0 Å². The lowest BCUT2D eigenvalue weighted by Gasteiger charge is -2.33. The molecule has 0 aliphatic carbocycles. The lowest BCUT2D eigenvalue weighted by atomic mass is 9.90. The Morgan fingerprint density at radius 3 is 2.12 bits per heavy atom. The summed E-state index contributed by atoms with van der Waals surface area (Å²) in [5.74, 6) is 0. The van der Waals surface area contributed by atoms with E-state index in [2.05, 4.69) is 0 Å². The van der Waals surface area contributed by atoms with Gasteiger partial charge in [0.05, 0.1) is 10.4 Å². The second-order valence-electron chi connectivity index (χ2n) is 7.24. The molecule has 0 aliphatic rings. The van der Waals surface area contributed by atoms with Crippen molar-refractivity contribution in [2.45, 2.75) is 44.3 Å². The fourth-order valence-electron chi connectivity index (χ4n) is 3.55. The van der Waals surface area contributed by atoms with E-state index >= 15 is 0 Å². The van der Waals surface area contributed by atoms with Crippen LogP contribution in [0.15, 0.2) is 41.2 Å². The van der Waals surface area contributed by atoms with E-state index in [1.54, 1.807) is 0 Å². The third kappa shape index (κ3) is 3.57. The summed E-state index contributed by atoms with van der Waals surface area (Å²) in [6, 6.07) is 4.84. The van der Waals surface area contributed by atoms with Crippen molar-refractivity contribution in [3.8, 4) is 0 Å². The number of nitro groups is 1. The van der Waals surface area contributed by atoms with E-state index in [1.807, 2.05) is 6.92 Å². The molecular formula is C20H16F6N2O4. The van der Waals surface area contributed by atoms with Crippen LogP contribution in [0.25, 0.3) is 21.7 Å². The first kappa shape index (κ1) is 23.5. The number of hydrogen-bond acceptors (Lipinski definition) is 4. The van der Waals surface area contributed by atoms with Crippen LogP contribution in [0.4, 0.5) is 32.0 Å². The Morgan fingerprint density at radius 1 is 0.969 bits per heavy atom. The number of alkyl halides is 6. The minimum Gasteiger partial charge on any atom is -0.369 e. The number of aryl methyl sites for hydroxylation is 1. The SMILES string of the molecule is CCCCn1c(=O)c2ccc([N+](=O)[O-])cc2c2cc(C(O)(C(F)(F)F)C(F)(F)F)ccc21. The minimum absolute atomic E-state index is 0.00750. The van der Waals surface area contributed by atoms with Gasteiger partial charge in [-0.2, -0.15) is 26.3 Å². The molecule has 3 aromatic rings. The highest BCUT2D eigenvalue weighted by Crippen LogP contribution is 2.50. The number of non-ortho nitro benzene ring substituents is 1. The molecule has 1 N–H and O–H groups in total. The molecule has 172 valence electrons. The number of nitro benzene ring substituents is 1. The van der Waals surface area contributed by atoms with Gasteiger partial charge in [0.25, 0.3) is 16.8 Å². The van der Waals surface area contributed by atoms with Crippen LogP contribution in [0.1, 0.15) is 25.3 Å². The zero-order valence-corrected chi connectivity index (χ0v) is 16.4. The van der Waals surface area contributed by atoms with Gasteiger partial charge in [-0.3, -0.25) is 14.9 Å².